The van der Waals surface area contributed by atoms with Gasteiger partial charge in [0.05, 0.1) is 12.3 Å². The van der Waals surface area contributed by atoms with Crippen molar-refractivity contribution in [3.8, 4) is 0 Å². The summed E-state index contributed by atoms with van der Waals surface area (Å²) in [6.07, 6.45) is 3.47. The van der Waals surface area contributed by atoms with Crippen LogP contribution in [0.2, 0.25) is 0 Å². The van der Waals surface area contributed by atoms with Gasteiger partial charge in [0.2, 0.25) is 15.9 Å². The van der Waals surface area contributed by atoms with Crippen LogP contribution in [-0.4, -0.2) is 50.7 Å². The maximum Gasteiger partial charge on any atom is 0.225 e. The number of hydrogen-bond acceptors (Lipinski definition) is 4. The number of fused-ring (bicyclic) bond motifs is 1. The van der Waals surface area contributed by atoms with E-state index in [4.69, 9.17) is 0 Å². The van der Waals surface area contributed by atoms with Gasteiger partial charge in [0.15, 0.2) is 0 Å². The number of carbonyl (C=O) groups excluding carboxylic acids is 1. The number of rotatable bonds is 6. The minimum atomic E-state index is -3.35. The van der Waals surface area contributed by atoms with Crippen LogP contribution in [0.15, 0.2) is 48.5 Å². The van der Waals surface area contributed by atoms with Crippen LogP contribution in [0.3, 0.4) is 0 Å². The van der Waals surface area contributed by atoms with Gasteiger partial charge in [0.1, 0.15) is 0 Å². The van der Waals surface area contributed by atoms with E-state index in [0.717, 1.165) is 24.2 Å². The molecule has 0 bridgehead atoms. The van der Waals surface area contributed by atoms with Crippen LogP contribution < -0.4 is 9.62 Å². The van der Waals surface area contributed by atoms with Gasteiger partial charge >= 0.3 is 0 Å². The maximum absolute atomic E-state index is 12.8. The van der Waals surface area contributed by atoms with E-state index in [1.807, 2.05) is 24.8 Å². The lowest BCUT2D eigenvalue weighted by Gasteiger charge is -2.30. The summed E-state index contributed by atoms with van der Waals surface area (Å²) in [4.78, 5) is 17.0. The second-order valence-corrected chi connectivity index (χ2v) is 10.7. The van der Waals surface area contributed by atoms with Gasteiger partial charge in [-0.25, -0.2) is 13.1 Å². The average Bonchev–Trinajstić information content (AvgIpc) is 3.31. The Labute approximate surface area is 185 Å². The van der Waals surface area contributed by atoms with Crippen LogP contribution in [0.1, 0.15) is 31.4 Å². The molecule has 2 aromatic rings. The van der Waals surface area contributed by atoms with Crippen molar-refractivity contribution in [2.24, 2.45) is 5.92 Å². The smallest absolute Gasteiger partial charge is 0.225 e. The number of para-hydroxylation sites is 1. The van der Waals surface area contributed by atoms with Crippen LogP contribution in [-0.2, 0) is 27.7 Å². The van der Waals surface area contributed by atoms with Crippen molar-refractivity contribution in [3.63, 3.8) is 0 Å². The summed E-state index contributed by atoms with van der Waals surface area (Å²) >= 11 is 0. The van der Waals surface area contributed by atoms with Crippen LogP contribution in [0.4, 0.5) is 11.4 Å². The lowest BCUT2D eigenvalue weighted by atomic mass is 9.99. The Balaban J connectivity index is 1.60. The summed E-state index contributed by atoms with van der Waals surface area (Å²) in [5.74, 6) is -0.0423. The van der Waals surface area contributed by atoms with E-state index in [-0.39, 0.29) is 23.9 Å². The lowest BCUT2D eigenvalue weighted by Crippen LogP contribution is -2.48. The van der Waals surface area contributed by atoms with Crippen molar-refractivity contribution < 1.29 is 13.2 Å². The van der Waals surface area contributed by atoms with Gasteiger partial charge < -0.3 is 9.80 Å². The number of anilines is 2. The molecule has 7 heteroatoms. The Morgan fingerprint density at radius 3 is 2.65 bits per heavy atom. The molecule has 0 radical (unpaired) electrons. The molecule has 2 aromatic carbocycles. The number of nitrogens with one attached hydrogen (secondary N) is 1. The zero-order chi connectivity index (χ0) is 22.2. The zero-order valence-corrected chi connectivity index (χ0v) is 19.2. The number of hydrogen-bond donors (Lipinski definition) is 1. The lowest BCUT2D eigenvalue weighted by molar-refractivity contribution is -0.135. The van der Waals surface area contributed by atoms with Crippen LogP contribution in [0.25, 0.3) is 0 Å². The first-order valence-corrected chi connectivity index (χ1v) is 12.8. The SMILES string of the molecule is CC(C)C(=O)N1CC[C@@H](NS(C)(=O)=O)[C@H]1Cc1cccc(N2CCc3ccccc32)c1. The third-order valence-corrected chi connectivity index (χ3v) is 6.97. The number of nitrogens with zero attached hydrogens (tertiary/aromatic N) is 2. The molecule has 2 aliphatic rings. The number of sulfonamides is 1. The molecule has 31 heavy (non-hydrogen) atoms. The Hall–Kier alpha value is -2.38. The standard InChI is InChI=1S/C24H31N3O3S/c1-17(2)24(28)27-14-12-21(25-31(3,29)30)23(27)16-18-7-6-9-20(15-18)26-13-11-19-8-4-5-10-22(19)26/h4-10,15,17,21,23,25H,11-14,16H2,1-3H3/t21-,23-/m1/s1. The number of benzene rings is 2. The topological polar surface area (TPSA) is 69.7 Å². The van der Waals surface area contributed by atoms with E-state index in [0.29, 0.717) is 19.4 Å². The molecular weight excluding hydrogens is 410 g/mol. The quantitative estimate of drug-likeness (QED) is 0.748. The monoisotopic (exact) mass is 441 g/mol. The van der Waals surface area contributed by atoms with Gasteiger partial charge in [-0.15, -0.1) is 0 Å². The van der Waals surface area contributed by atoms with Gasteiger partial charge in [0.25, 0.3) is 0 Å². The second kappa shape index (κ2) is 8.63. The normalized spacial score (nSPS) is 21.0. The molecule has 2 atom stereocenters. The summed E-state index contributed by atoms with van der Waals surface area (Å²) in [5, 5.41) is 0. The fourth-order valence-corrected chi connectivity index (χ4v) is 5.65. The average molecular weight is 442 g/mol. The fraction of sp³-hybridized carbons (Fsp3) is 0.458. The molecule has 0 aromatic heterocycles. The predicted molar refractivity (Wildman–Crippen MR) is 124 cm³/mol. The van der Waals surface area contributed by atoms with Gasteiger partial charge in [-0.1, -0.05) is 44.2 Å². The zero-order valence-electron chi connectivity index (χ0n) is 18.4. The Morgan fingerprint density at radius 1 is 1.13 bits per heavy atom. The molecule has 2 aliphatic heterocycles. The van der Waals surface area contributed by atoms with Crippen LogP contribution in [0, 0.1) is 5.92 Å². The van der Waals surface area contributed by atoms with Crippen molar-refractivity contribution in [2.45, 2.75) is 45.2 Å². The first-order chi connectivity index (χ1) is 14.7. The van der Waals surface area contributed by atoms with E-state index in [2.05, 4.69) is 52.1 Å². The molecule has 4 rings (SSSR count). The Morgan fingerprint density at radius 2 is 1.90 bits per heavy atom. The van der Waals surface area contributed by atoms with Gasteiger partial charge in [-0.05, 0) is 48.6 Å². The van der Waals surface area contributed by atoms with Crippen LogP contribution >= 0.6 is 0 Å². The second-order valence-electron chi connectivity index (χ2n) is 8.94. The van der Waals surface area contributed by atoms with Gasteiger partial charge in [0, 0.05) is 36.4 Å². The van der Waals surface area contributed by atoms with E-state index < -0.39 is 10.0 Å². The highest BCUT2D eigenvalue weighted by atomic mass is 32.2. The predicted octanol–water partition coefficient (Wildman–Crippen LogP) is 3.10. The highest BCUT2D eigenvalue weighted by Gasteiger charge is 2.39. The molecule has 0 saturated carbocycles. The van der Waals surface area contributed by atoms with Crippen molar-refractivity contribution in [2.75, 3.05) is 24.2 Å². The highest BCUT2D eigenvalue weighted by molar-refractivity contribution is 7.88. The number of carbonyl (C=O) groups is 1. The molecule has 1 saturated heterocycles. The summed E-state index contributed by atoms with van der Waals surface area (Å²) in [6, 6.07) is 16.4. The Kier molecular flexibility index (Phi) is 6.08. The summed E-state index contributed by atoms with van der Waals surface area (Å²) in [7, 11) is -3.35. The van der Waals surface area contributed by atoms with Crippen molar-refractivity contribution in [3.05, 3.63) is 59.7 Å². The molecular formula is C24H31N3O3S. The minimum absolute atomic E-state index is 0.0763. The molecule has 0 spiro atoms. The highest BCUT2D eigenvalue weighted by Crippen LogP contribution is 2.35. The minimum Gasteiger partial charge on any atom is -0.341 e. The molecule has 6 nitrogen and oxygen atoms in total. The van der Waals surface area contributed by atoms with E-state index in [9.17, 15) is 13.2 Å². The molecule has 166 valence electrons. The maximum atomic E-state index is 12.8. The first kappa shape index (κ1) is 21.8. The van der Waals surface area contributed by atoms with Gasteiger partial charge in [-0.2, -0.15) is 0 Å². The van der Waals surface area contributed by atoms with Crippen molar-refractivity contribution in [1.82, 2.24) is 9.62 Å². The fourth-order valence-electron chi connectivity index (χ4n) is 4.82. The van der Waals surface area contributed by atoms with Gasteiger partial charge in [-0.3, -0.25) is 4.79 Å². The van der Waals surface area contributed by atoms with E-state index in [1.54, 1.807) is 0 Å². The summed E-state index contributed by atoms with van der Waals surface area (Å²) in [6.45, 7) is 5.31. The van der Waals surface area contributed by atoms with Crippen molar-refractivity contribution in [1.29, 1.82) is 0 Å². The number of likely N-dealkylation sites (tertiary alicyclic amines) is 1. The molecule has 2 heterocycles. The summed E-state index contributed by atoms with van der Waals surface area (Å²) in [5.41, 5.74) is 4.84. The molecule has 0 aliphatic carbocycles. The molecule has 1 fully saturated rings. The Bertz CT molecular complexity index is 1070. The largest absolute Gasteiger partial charge is 0.341 e. The van der Waals surface area contributed by atoms with Crippen molar-refractivity contribution >= 4 is 27.3 Å². The molecule has 1 N–H and O–H groups in total. The first-order valence-electron chi connectivity index (χ1n) is 10.9. The number of amides is 1. The third kappa shape index (κ3) is 4.77. The van der Waals surface area contributed by atoms with E-state index in [1.165, 1.54) is 17.5 Å². The third-order valence-electron chi connectivity index (χ3n) is 6.24. The molecule has 1 amide bonds. The molecule has 0 unspecified atom stereocenters. The van der Waals surface area contributed by atoms with E-state index >= 15 is 0 Å². The van der Waals surface area contributed by atoms with Crippen LogP contribution in [0.5, 0.6) is 0 Å². The summed E-state index contributed by atoms with van der Waals surface area (Å²) < 4.78 is 26.6.